The van der Waals surface area contributed by atoms with Crippen molar-refractivity contribution in [1.82, 2.24) is 10.6 Å². The fourth-order valence-corrected chi connectivity index (χ4v) is 3.91. The molecule has 34 heavy (non-hydrogen) atoms. The van der Waals surface area contributed by atoms with Gasteiger partial charge in [0, 0.05) is 13.0 Å². The Balaban J connectivity index is 1.70. The van der Waals surface area contributed by atoms with Crippen LogP contribution in [-0.2, 0) is 22.6 Å². The van der Waals surface area contributed by atoms with Crippen LogP contribution in [0.5, 0.6) is 0 Å². The van der Waals surface area contributed by atoms with Crippen molar-refractivity contribution in [3.05, 3.63) is 71.8 Å². The number of carbonyl (C=O) groups excluding carboxylic acids is 2. The smallest absolute Gasteiger partial charge is 0.408 e. The first-order valence-corrected chi connectivity index (χ1v) is 13.0. The number of carbonyl (C=O) groups is 2. The second-order valence-corrected chi connectivity index (χ2v) is 8.92. The van der Waals surface area contributed by atoms with E-state index < -0.39 is 12.1 Å². The zero-order chi connectivity index (χ0) is 24.3. The van der Waals surface area contributed by atoms with Gasteiger partial charge in [0.15, 0.2) is 0 Å². The lowest BCUT2D eigenvalue weighted by atomic mass is 10.0. The Hall–Kier alpha value is -2.82. The summed E-state index contributed by atoms with van der Waals surface area (Å²) < 4.78 is 5.33. The van der Waals surface area contributed by atoms with Crippen molar-refractivity contribution in [2.45, 2.75) is 90.2 Å². The second-order valence-electron chi connectivity index (χ2n) is 8.92. The fraction of sp³-hybridized carbons (Fsp3) is 0.517. The molecule has 2 aromatic carbocycles. The summed E-state index contributed by atoms with van der Waals surface area (Å²) in [4.78, 5) is 25.2. The second kappa shape index (κ2) is 17.6. The number of alkyl carbamates (subject to hydrolysis) is 1. The molecule has 0 aliphatic heterocycles. The number of hydrogen-bond acceptors (Lipinski definition) is 3. The summed E-state index contributed by atoms with van der Waals surface area (Å²) in [6, 6.07) is 18.5. The molecule has 2 N–H and O–H groups in total. The van der Waals surface area contributed by atoms with E-state index >= 15 is 0 Å². The Labute approximate surface area is 205 Å². The molecule has 186 valence electrons. The van der Waals surface area contributed by atoms with Gasteiger partial charge in [0.25, 0.3) is 0 Å². The molecule has 0 saturated carbocycles. The summed E-state index contributed by atoms with van der Waals surface area (Å²) in [5.74, 6) is -0.170. The highest BCUT2D eigenvalue weighted by Gasteiger charge is 2.21. The monoisotopic (exact) mass is 466 g/mol. The molecule has 0 unspecified atom stereocenters. The maximum Gasteiger partial charge on any atom is 0.408 e. The molecule has 2 aromatic rings. The van der Waals surface area contributed by atoms with Crippen molar-refractivity contribution in [3.8, 4) is 0 Å². The molecule has 0 heterocycles. The van der Waals surface area contributed by atoms with Gasteiger partial charge in [-0.2, -0.15) is 0 Å². The van der Waals surface area contributed by atoms with Crippen molar-refractivity contribution >= 4 is 12.0 Å². The number of hydrogen-bond donors (Lipinski definition) is 2. The summed E-state index contributed by atoms with van der Waals surface area (Å²) in [6.45, 7) is 3.04. The average molecular weight is 467 g/mol. The third kappa shape index (κ3) is 12.4. The molecular weight excluding hydrogens is 424 g/mol. The molecule has 2 amide bonds. The van der Waals surface area contributed by atoms with Gasteiger partial charge in [0.2, 0.25) is 5.91 Å². The van der Waals surface area contributed by atoms with Crippen LogP contribution in [0.2, 0.25) is 0 Å². The van der Waals surface area contributed by atoms with Crippen molar-refractivity contribution in [2.24, 2.45) is 0 Å². The van der Waals surface area contributed by atoms with Gasteiger partial charge in [-0.1, -0.05) is 125 Å². The lowest BCUT2D eigenvalue weighted by Gasteiger charge is -2.18. The average Bonchev–Trinajstić information content (AvgIpc) is 2.87. The van der Waals surface area contributed by atoms with Gasteiger partial charge < -0.3 is 15.4 Å². The lowest BCUT2D eigenvalue weighted by molar-refractivity contribution is -0.123. The van der Waals surface area contributed by atoms with E-state index in [2.05, 4.69) is 17.6 Å². The van der Waals surface area contributed by atoms with E-state index in [0.717, 1.165) is 24.0 Å². The van der Waals surface area contributed by atoms with Gasteiger partial charge >= 0.3 is 6.09 Å². The molecule has 2 rings (SSSR count). The number of nitrogens with one attached hydrogen (secondary N) is 2. The first kappa shape index (κ1) is 27.4. The minimum absolute atomic E-state index is 0.170. The van der Waals surface area contributed by atoms with E-state index in [1.54, 1.807) is 0 Å². The zero-order valence-electron chi connectivity index (χ0n) is 20.8. The summed E-state index contributed by atoms with van der Waals surface area (Å²) in [5.41, 5.74) is 1.90. The number of ether oxygens (including phenoxy) is 1. The molecule has 1 atom stereocenters. The molecule has 0 fully saturated rings. The Morgan fingerprint density at radius 3 is 1.85 bits per heavy atom. The summed E-state index contributed by atoms with van der Waals surface area (Å²) in [7, 11) is 0. The maximum atomic E-state index is 12.8. The molecule has 0 aliphatic carbocycles. The SMILES string of the molecule is CCCCCCCCCCCCNC(=O)[C@H](Cc1ccccc1)NC(=O)OCc1ccccc1. The number of amides is 2. The molecule has 0 aliphatic rings. The normalized spacial score (nSPS) is 11.6. The van der Waals surface area contributed by atoms with Crippen LogP contribution in [-0.4, -0.2) is 24.6 Å². The van der Waals surface area contributed by atoms with Crippen LogP contribution in [0.15, 0.2) is 60.7 Å². The largest absolute Gasteiger partial charge is 0.445 e. The first-order valence-electron chi connectivity index (χ1n) is 13.0. The predicted molar refractivity (Wildman–Crippen MR) is 139 cm³/mol. The molecule has 5 heteroatoms. The summed E-state index contributed by atoms with van der Waals surface area (Å²) in [5, 5.41) is 5.75. The van der Waals surface area contributed by atoms with Crippen LogP contribution in [0.4, 0.5) is 4.79 Å². The Morgan fingerprint density at radius 1 is 0.735 bits per heavy atom. The Morgan fingerprint density at radius 2 is 1.26 bits per heavy atom. The first-order chi connectivity index (χ1) is 16.7. The fourth-order valence-electron chi connectivity index (χ4n) is 3.91. The highest BCUT2D eigenvalue weighted by molar-refractivity contribution is 5.85. The zero-order valence-corrected chi connectivity index (χ0v) is 20.8. The summed E-state index contributed by atoms with van der Waals surface area (Å²) >= 11 is 0. The van der Waals surface area contributed by atoms with Crippen molar-refractivity contribution in [3.63, 3.8) is 0 Å². The highest BCUT2D eigenvalue weighted by Crippen LogP contribution is 2.10. The molecule has 0 spiro atoms. The minimum Gasteiger partial charge on any atom is -0.445 e. The van der Waals surface area contributed by atoms with Gasteiger partial charge in [-0.15, -0.1) is 0 Å². The third-order valence-corrected chi connectivity index (χ3v) is 5.93. The van der Waals surface area contributed by atoms with E-state index in [0.29, 0.717) is 13.0 Å². The minimum atomic E-state index is -0.672. The van der Waals surface area contributed by atoms with Crippen LogP contribution in [0.25, 0.3) is 0 Å². The van der Waals surface area contributed by atoms with Gasteiger partial charge in [0.1, 0.15) is 12.6 Å². The van der Waals surface area contributed by atoms with Crippen LogP contribution in [0.1, 0.15) is 82.3 Å². The van der Waals surface area contributed by atoms with Crippen molar-refractivity contribution in [1.29, 1.82) is 0 Å². The third-order valence-electron chi connectivity index (χ3n) is 5.93. The molecule has 5 nitrogen and oxygen atoms in total. The van der Waals surface area contributed by atoms with Gasteiger partial charge in [0.05, 0.1) is 0 Å². The molecule has 0 bridgehead atoms. The maximum absolute atomic E-state index is 12.8. The Bertz CT molecular complexity index is 796. The molecule has 0 aromatic heterocycles. The summed E-state index contributed by atoms with van der Waals surface area (Å²) in [6.07, 6.45) is 12.4. The van der Waals surface area contributed by atoms with Gasteiger partial charge in [-0.25, -0.2) is 4.79 Å². The van der Waals surface area contributed by atoms with Crippen LogP contribution in [0.3, 0.4) is 0 Å². The number of unbranched alkanes of at least 4 members (excludes halogenated alkanes) is 9. The van der Waals surface area contributed by atoms with Crippen LogP contribution < -0.4 is 10.6 Å². The quantitative estimate of drug-likeness (QED) is 0.259. The van der Waals surface area contributed by atoms with Crippen LogP contribution in [0, 0.1) is 0 Å². The lowest BCUT2D eigenvalue weighted by Crippen LogP contribution is -2.48. The molecule has 0 saturated heterocycles. The number of rotatable bonds is 17. The van der Waals surface area contributed by atoms with E-state index in [9.17, 15) is 9.59 Å². The topological polar surface area (TPSA) is 67.4 Å². The molecular formula is C29H42N2O3. The van der Waals surface area contributed by atoms with Crippen molar-refractivity contribution < 1.29 is 14.3 Å². The van der Waals surface area contributed by atoms with E-state index in [1.807, 2.05) is 60.7 Å². The Kier molecular flexibility index (Phi) is 14.2. The van der Waals surface area contributed by atoms with Gasteiger partial charge in [-0.3, -0.25) is 4.79 Å². The predicted octanol–water partition coefficient (Wildman–Crippen LogP) is 6.56. The number of benzene rings is 2. The van der Waals surface area contributed by atoms with Crippen molar-refractivity contribution in [2.75, 3.05) is 6.54 Å². The van der Waals surface area contributed by atoms with E-state index in [4.69, 9.17) is 4.74 Å². The van der Waals surface area contributed by atoms with E-state index in [1.165, 1.54) is 51.4 Å². The molecule has 0 radical (unpaired) electrons. The van der Waals surface area contributed by atoms with E-state index in [-0.39, 0.29) is 12.5 Å². The van der Waals surface area contributed by atoms with Crippen LogP contribution >= 0.6 is 0 Å². The highest BCUT2D eigenvalue weighted by atomic mass is 16.5. The standard InChI is InChI=1S/C29H42N2O3/c1-2-3-4-5-6-7-8-9-10-17-22-30-28(32)27(23-25-18-13-11-14-19-25)31-29(33)34-24-26-20-15-12-16-21-26/h11-16,18-21,27H,2-10,17,22-24H2,1H3,(H,30,32)(H,31,33)/t27-/m0/s1. The van der Waals surface area contributed by atoms with Gasteiger partial charge in [-0.05, 0) is 17.5 Å².